The number of hydrogen-bond acceptors (Lipinski definition) is 4. The molecule has 2 unspecified atom stereocenters. The van der Waals surface area contributed by atoms with Crippen LogP contribution in [-0.2, 0) is 16.0 Å². The van der Waals surface area contributed by atoms with Crippen LogP contribution < -0.4 is 10.5 Å². The molecule has 6 heteroatoms. The fraction of sp³-hybridized carbons (Fsp3) is 0.650. The van der Waals surface area contributed by atoms with Gasteiger partial charge in [-0.25, -0.2) is 0 Å². The smallest absolute Gasteiger partial charge is 0.263 e. The van der Waals surface area contributed by atoms with E-state index in [4.69, 9.17) is 15.2 Å². The second-order valence-corrected chi connectivity index (χ2v) is 7.88. The van der Waals surface area contributed by atoms with Gasteiger partial charge in [0.1, 0.15) is 5.75 Å². The van der Waals surface area contributed by atoms with Crippen molar-refractivity contribution in [1.29, 1.82) is 0 Å². The molecule has 1 spiro atoms. The Morgan fingerprint density at radius 3 is 2.85 bits per heavy atom. The number of nitrogens with two attached hydrogens (primary N) is 1. The highest BCUT2D eigenvalue weighted by molar-refractivity contribution is 5.85. The standard InChI is InChI=1S/C20H28N2O3.ClH/c1-14-2-4-17-15(10-14)3-5-18(25-17)19(23)22-12-16(11-21)20(13-22)6-8-24-9-7-20;/h2,4,10,16,18H,3,5-9,11-13,21H2,1H3;1H. The first kappa shape index (κ1) is 19.5. The lowest BCUT2D eigenvalue weighted by atomic mass is 9.72. The van der Waals surface area contributed by atoms with Crippen LogP contribution in [0, 0.1) is 18.3 Å². The third-order valence-electron chi connectivity index (χ3n) is 6.33. The Kier molecular flexibility index (Phi) is 5.80. The molecule has 5 nitrogen and oxygen atoms in total. The van der Waals surface area contributed by atoms with E-state index in [1.54, 1.807) is 0 Å². The summed E-state index contributed by atoms with van der Waals surface area (Å²) in [6.45, 7) is 5.85. The lowest BCUT2D eigenvalue weighted by Gasteiger charge is -2.37. The zero-order chi connectivity index (χ0) is 17.4. The fourth-order valence-electron chi connectivity index (χ4n) is 4.77. The molecule has 2 saturated heterocycles. The van der Waals surface area contributed by atoms with Gasteiger partial charge >= 0.3 is 0 Å². The molecule has 26 heavy (non-hydrogen) atoms. The molecule has 3 aliphatic rings. The number of aryl methyl sites for hydroxylation is 2. The van der Waals surface area contributed by atoms with E-state index in [1.807, 2.05) is 17.0 Å². The van der Waals surface area contributed by atoms with Crippen LogP contribution >= 0.6 is 12.4 Å². The van der Waals surface area contributed by atoms with Crippen LogP contribution in [0.3, 0.4) is 0 Å². The summed E-state index contributed by atoms with van der Waals surface area (Å²) in [5, 5.41) is 0. The summed E-state index contributed by atoms with van der Waals surface area (Å²) in [4.78, 5) is 15.1. The molecule has 144 valence electrons. The number of nitrogens with zero attached hydrogens (tertiary/aromatic N) is 1. The van der Waals surface area contributed by atoms with Crippen LogP contribution in [0.25, 0.3) is 0 Å². The highest BCUT2D eigenvalue weighted by atomic mass is 35.5. The molecular weight excluding hydrogens is 352 g/mol. The van der Waals surface area contributed by atoms with Crippen molar-refractivity contribution in [3.63, 3.8) is 0 Å². The Morgan fingerprint density at radius 2 is 2.12 bits per heavy atom. The zero-order valence-electron chi connectivity index (χ0n) is 15.4. The number of likely N-dealkylation sites (tertiary alicyclic amines) is 1. The van der Waals surface area contributed by atoms with E-state index < -0.39 is 0 Å². The van der Waals surface area contributed by atoms with Crippen molar-refractivity contribution in [2.45, 2.75) is 38.7 Å². The first-order valence-corrected chi connectivity index (χ1v) is 9.44. The Balaban J connectivity index is 0.00000196. The number of halogens is 1. The molecule has 0 saturated carbocycles. The second-order valence-electron chi connectivity index (χ2n) is 7.88. The van der Waals surface area contributed by atoms with Gasteiger partial charge in [0.25, 0.3) is 5.91 Å². The van der Waals surface area contributed by atoms with Crippen LogP contribution in [0.4, 0.5) is 0 Å². The maximum atomic E-state index is 13.1. The van der Waals surface area contributed by atoms with Crippen LogP contribution in [0.2, 0.25) is 0 Å². The van der Waals surface area contributed by atoms with Crippen molar-refractivity contribution in [2.75, 3.05) is 32.8 Å². The molecule has 4 rings (SSSR count). The predicted molar refractivity (Wildman–Crippen MR) is 103 cm³/mol. The van der Waals surface area contributed by atoms with E-state index in [9.17, 15) is 4.79 Å². The molecule has 1 amide bonds. The molecule has 0 radical (unpaired) electrons. The van der Waals surface area contributed by atoms with Gasteiger partial charge < -0.3 is 20.1 Å². The molecule has 0 aliphatic carbocycles. The first-order valence-electron chi connectivity index (χ1n) is 9.44. The normalized spacial score (nSPS) is 26.8. The van der Waals surface area contributed by atoms with E-state index >= 15 is 0 Å². The molecule has 3 heterocycles. The number of carbonyl (C=O) groups excluding carboxylic acids is 1. The van der Waals surface area contributed by atoms with Gasteiger partial charge in [-0.3, -0.25) is 4.79 Å². The number of amides is 1. The Hall–Kier alpha value is -1.30. The van der Waals surface area contributed by atoms with Gasteiger partial charge in [0.15, 0.2) is 6.10 Å². The minimum atomic E-state index is -0.358. The van der Waals surface area contributed by atoms with Crippen molar-refractivity contribution < 1.29 is 14.3 Å². The van der Waals surface area contributed by atoms with Crippen LogP contribution in [0.1, 0.15) is 30.4 Å². The van der Waals surface area contributed by atoms with Crippen molar-refractivity contribution >= 4 is 18.3 Å². The molecule has 1 aromatic carbocycles. The minimum Gasteiger partial charge on any atom is -0.480 e. The monoisotopic (exact) mass is 380 g/mol. The summed E-state index contributed by atoms with van der Waals surface area (Å²) in [7, 11) is 0. The summed E-state index contributed by atoms with van der Waals surface area (Å²) in [5.41, 5.74) is 8.64. The highest BCUT2D eigenvalue weighted by Gasteiger charge is 2.49. The maximum absolute atomic E-state index is 13.1. The van der Waals surface area contributed by atoms with Gasteiger partial charge in [0.05, 0.1) is 0 Å². The number of ether oxygens (including phenoxy) is 2. The predicted octanol–water partition coefficient (Wildman–Crippen LogP) is 2.32. The molecule has 1 aromatic rings. The second kappa shape index (κ2) is 7.75. The summed E-state index contributed by atoms with van der Waals surface area (Å²) < 4.78 is 11.6. The SMILES string of the molecule is Cc1ccc2c(c1)CCC(C(=O)N1CC(CN)C3(CCOCC3)C1)O2.Cl. The van der Waals surface area contributed by atoms with Crippen molar-refractivity contribution in [2.24, 2.45) is 17.1 Å². The molecule has 2 atom stereocenters. The lowest BCUT2D eigenvalue weighted by molar-refractivity contribution is -0.139. The third-order valence-corrected chi connectivity index (χ3v) is 6.33. The Labute approximate surface area is 161 Å². The zero-order valence-corrected chi connectivity index (χ0v) is 16.2. The van der Waals surface area contributed by atoms with Gasteiger partial charge in [0.2, 0.25) is 0 Å². The van der Waals surface area contributed by atoms with Gasteiger partial charge in [-0.1, -0.05) is 17.7 Å². The number of hydrogen-bond donors (Lipinski definition) is 1. The third kappa shape index (κ3) is 3.45. The maximum Gasteiger partial charge on any atom is 0.263 e. The van der Waals surface area contributed by atoms with Crippen LogP contribution in [0.15, 0.2) is 18.2 Å². The number of benzene rings is 1. The van der Waals surface area contributed by atoms with E-state index in [0.29, 0.717) is 12.5 Å². The Morgan fingerprint density at radius 1 is 1.35 bits per heavy atom. The average molecular weight is 381 g/mol. The van der Waals surface area contributed by atoms with Crippen LogP contribution in [0.5, 0.6) is 5.75 Å². The van der Waals surface area contributed by atoms with E-state index in [1.165, 1.54) is 11.1 Å². The molecule has 0 bridgehead atoms. The molecule has 2 N–H and O–H groups in total. The average Bonchev–Trinajstić information content (AvgIpc) is 2.99. The number of fused-ring (bicyclic) bond motifs is 1. The fourth-order valence-corrected chi connectivity index (χ4v) is 4.77. The van der Waals surface area contributed by atoms with Crippen molar-refractivity contribution in [3.8, 4) is 5.75 Å². The van der Waals surface area contributed by atoms with E-state index in [0.717, 1.165) is 57.7 Å². The Bertz CT molecular complexity index is 660. The van der Waals surface area contributed by atoms with Crippen molar-refractivity contribution in [3.05, 3.63) is 29.3 Å². The summed E-state index contributed by atoms with van der Waals surface area (Å²) in [6, 6.07) is 6.20. The largest absolute Gasteiger partial charge is 0.480 e. The summed E-state index contributed by atoms with van der Waals surface area (Å²) in [5.74, 6) is 1.37. The van der Waals surface area contributed by atoms with Gasteiger partial charge in [-0.2, -0.15) is 0 Å². The van der Waals surface area contributed by atoms with Crippen LogP contribution in [-0.4, -0.2) is 49.8 Å². The van der Waals surface area contributed by atoms with E-state index in [-0.39, 0.29) is 29.8 Å². The van der Waals surface area contributed by atoms with E-state index in [2.05, 4.69) is 13.0 Å². The van der Waals surface area contributed by atoms with Gasteiger partial charge in [-0.05, 0) is 62.1 Å². The lowest BCUT2D eigenvalue weighted by Crippen LogP contribution is -2.44. The number of carbonyl (C=O) groups is 1. The van der Waals surface area contributed by atoms with Gasteiger partial charge in [0, 0.05) is 26.3 Å². The molecule has 3 aliphatic heterocycles. The highest BCUT2D eigenvalue weighted by Crippen LogP contribution is 2.44. The molecule has 2 fully saturated rings. The van der Waals surface area contributed by atoms with Gasteiger partial charge in [-0.15, -0.1) is 12.4 Å². The topological polar surface area (TPSA) is 64.8 Å². The summed E-state index contributed by atoms with van der Waals surface area (Å²) >= 11 is 0. The quantitative estimate of drug-likeness (QED) is 0.855. The first-order chi connectivity index (χ1) is 12.1. The molecule has 0 aromatic heterocycles. The molecular formula is C20H29ClN2O3. The number of rotatable bonds is 2. The van der Waals surface area contributed by atoms with Crippen molar-refractivity contribution in [1.82, 2.24) is 4.90 Å². The minimum absolute atomic E-state index is 0. The summed E-state index contributed by atoms with van der Waals surface area (Å²) in [6.07, 6.45) is 3.32.